The Hall–Kier alpha value is -0.0800. The van der Waals surface area contributed by atoms with Crippen LogP contribution in [0.1, 0.15) is 34.1 Å². The van der Waals surface area contributed by atoms with Gasteiger partial charge in [0.2, 0.25) is 0 Å². The lowest BCUT2D eigenvalue weighted by Gasteiger charge is -2.16. The number of ether oxygens (including phenoxy) is 2. The molecule has 0 aromatic rings. The van der Waals surface area contributed by atoms with Gasteiger partial charge in [0.05, 0.1) is 24.4 Å². The SMILES string of the molecule is CC(C)OC1COC(C)(C)C1. The topological polar surface area (TPSA) is 18.5 Å². The molecule has 1 atom stereocenters. The molecule has 0 aromatic heterocycles. The van der Waals surface area contributed by atoms with Crippen LogP contribution in [0.5, 0.6) is 0 Å². The molecule has 0 bridgehead atoms. The first-order valence-corrected chi connectivity index (χ1v) is 4.29. The Morgan fingerprint density at radius 3 is 2.45 bits per heavy atom. The van der Waals surface area contributed by atoms with Gasteiger partial charge < -0.3 is 9.47 Å². The van der Waals surface area contributed by atoms with Crippen LogP contribution in [0.15, 0.2) is 0 Å². The Kier molecular flexibility index (Phi) is 2.55. The van der Waals surface area contributed by atoms with E-state index in [4.69, 9.17) is 9.47 Å². The van der Waals surface area contributed by atoms with E-state index in [-0.39, 0.29) is 5.60 Å². The van der Waals surface area contributed by atoms with E-state index in [9.17, 15) is 0 Å². The standard InChI is InChI=1S/C9H18O2/c1-7(2)11-8-5-9(3,4)10-6-8/h7-8H,5-6H2,1-4H3. The Morgan fingerprint density at radius 1 is 1.45 bits per heavy atom. The van der Waals surface area contributed by atoms with Gasteiger partial charge in [0, 0.05) is 6.42 Å². The summed E-state index contributed by atoms with van der Waals surface area (Å²) >= 11 is 0. The summed E-state index contributed by atoms with van der Waals surface area (Å²) in [4.78, 5) is 0. The third-order valence-corrected chi connectivity index (χ3v) is 1.84. The lowest BCUT2D eigenvalue weighted by atomic mass is 10.0. The molecule has 66 valence electrons. The van der Waals surface area contributed by atoms with E-state index in [0.717, 1.165) is 13.0 Å². The molecule has 1 rings (SSSR count). The van der Waals surface area contributed by atoms with Crippen LogP contribution < -0.4 is 0 Å². The van der Waals surface area contributed by atoms with Gasteiger partial charge >= 0.3 is 0 Å². The van der Waals surface area contributed by atoms with Crippen LogP contribution in [0.4, 0.5) is 0 Å². The quantitative estimate of drug-likeness (QED) is 0.611. The molecule has 1 unspecified atom stereocenters. The van der Waals surface area contributed by atoms with E-state index in [1.807, 2.05) is 0 Å². The van der Waals surface area contributed by atoms with E-state index < -0.39 is 0 Å². The summed E-state index contributed by atoms with van der Waals surface area (Å²) in [6.45, 7) is 9.09. The Labute approximate surface area is 68.9 Å². The van der Waals surface area contributed by atoms with E-state index in [0.29, 0.717) is 12.2 Å². The summed E-state index contributed by atoms with van der Waals surface area (Å²) in [7, 11) is 0. The normalized spacial score (nSPS) is 29.7. The second-order valence-electron chi connectivity index (χ2n) is 4.08. The minimum atomic E-state index is 0.0273. The van der Waals surface area contributed by atoms with Crippen LogP contribution in [0.25, 0.3) is 0 Å². The number of hydrogen-bond acceptors (Lipinski definition) is 2. The van der Waals surface area contributed by atoms with Crippen LogP contribution in [0.3, 0.4) is 0 Å². The minimum Gasteiger partial charge on any atom is -0.373 e. The van der Waals surface area contributed by atoms with Crippen LogP contribution in [-0.2, 0) is 9.47 Å². The maximum atomic E-state index is 5.62. The molecule has 1 aliphatic rings. The lowest BCUT2D eigenvalue weighted by Crippen LogP contribution is -2.20. The zero-order valence-electron chi connectivity index (χ0n) is 7.89. The van der Waals surface area contributed by atoms with Gasteiger partial charge in [0.25, 0.3) is 0 Å². The maximum absolute atomic E-state index is 5.62. The second kappa shape index (κ2) is 3.11. The van der Waals surface area contributed by atoms with Gasteiger partial charge in [0.15, 0.2) is 0 Å². The average molecular weight is 158 g/mol. The van der Waals surface area contributed by atoms with Crippen molar-refractivity contribution in [2.24, 2.45) is 0 Å². The van der Waals surface area contributed by atoms with Crippen molar-refractivity contribution in [1.82, 2.24) is 0 Å². The highest BCUT2D eigenvalue weighted by Crippen LogP contribution is 2.26. The van der Waals surface area contributed by atoms with Gasteiger partial charge in [-0.1, -0.05) is 0 Å². The number of rotatable bonds is 2. The molecular weight excluding hydrogens is 140 g/mol. The van der Waals surface area contributed by atoms with Gasteiger partial charge in [0.1, 0.15) is 0 Å². The Morgan fingerprint density at radius 2 is 2.09 bits per heavy atom. The van der Waals surface area contributed by atoms with Crippen molar-refractivity contribution in [2.75, 3.05) is 6.61 Å². The van der Waals surface area contributed by atoms with Crippen LogP contribution in [0.2, 0.25) is 0 Å². The second-order valence-corrected chi connectivity index (χ2v) is 4.08. The highest BCUT2D eigenvalue weighted by molar-refractivity contribution is 4.81. The monoisotopic (exact) mass is 158 g/mol. The van der Waals surface area contributed by atoms with E-state index in [2.05, 4.69) is 27.7 Å². The summed E-state index contributed by atoms with van der Waals surface area (Å²) in [5.41, 5.74) is 0.0273. The number of hydrogen-bond donors (Lipinski definition) is 0. The van der Waals surface area contributed by atoms with Crippen molar-refractivity contribution in [1.29, 1.82) is 0 Å². The van der Waals surface area contributed by atoms with Crippen molar-refractivity contribution in [3.05, 3.63) is 0 Å². The molecule has 0 amide bonds. The maximum Gasteiger partial charge on any atom is 0.0839 e. The molecule has 11 heavy (non-hydrogen) atoms. The van der Waals surface area contributed by atoms with Crippen LogP contribution >= 0.6 is 0 Å². The molecule has 1 aliphatic heterocycles. The van der Waals surface area contributed by atoms with E-state index in [1.165, 1.54) is 0 Å². The van der Waals surface area contributed by atoms with Crippen molar-refractivity contribution >= 4 is 0 Å². The fraction of sp³-hybridized carbons (Fsp3) is 1.00. The first kappa shape index (κ1) is 9.01. The molecule has 0 radical (unpaired) electrons. The smallest absolute Gasteiger partial charge is 0.0839 e. The van der Waals surface area contributed by atoms with E-state index >= 15 is 0 Å². The largest absolute Gasteiger partial charge is 0.373 e. The molecular formula is C9H18O2. The minimum absolute atomic E-state index is 0.0273. The van der Waals surface area contributed by atoms with Crippen molar-refractivity contribution in [2.45, 2.75) is 51.9 Å². The molecule has 1 saturated heterocycles. The highest BCUT2D eigenvalue weighted by atomic mass is 16.6. The van der Waals surface area contributed by atoms with Crippen molar-refractivity contribution in [3.63, 3.8) is 0 Å². The fourth-order valence-corrected chi connectivity index (χ4v) is 1.46. The third kappa shape index (κ3) is 2.80. The summed E-state index contributed by atoms with van der Waals surface area (Å²) < 4.78 is 11.2. The molecule has 1 fully saturated rings. The molecule has 0 spiro atoms. The Balaban J connectivity index is 2.31. The molecule has 0 N–H and O–H groups in total. The molecule has 0 aliphatic carbocycles. The van der Waals surface area contributed by atoms with Gasteiger partial charge in [-0.2, -0.15) is 0 Å². The van der Waals surface area contributed by atoms with Gasteiger partial charge in [-0.25, -0.2) is 0 Å². The molecule has 2 nitrogen and oxygen atoms in total. The zero-order chi connectivity index (χ0) is 8.48. The fourth-order valence-electron chi connectivity index (χ4n) is 1.46. The van der Waals surface area contributed by atoms with Crippen molar-refractivity contribution in [3.8, 4) is 0 Å². The lowest BCUT2D eigenvalue weighted by molar-refractivity contribution is -0.00523. The van der Waals surface area contributed by atoms with Gasteiger partial charge in [-0.3, -0.25) is 0 Å². The van der Waals surface area contributed by atoms with Crippen molar-refractivity contribution < 1.29 is 9.47 Å². The summed E-state index contributed by atoms with van der Waals surface area (Å²) in [5.74, 6) is 0. The molecule has 2 heteroatoms. The Bertz CT molecular complexity index is 130. The van der Waals surface area contributed by atoms with Crippen LogP contribution in [-0.4, -0.2) is 24.4 Å². The summed E-state index contributed by atoms with van der Waals surface area (Å²) in [6.07, 6.45) is 1.65. The molecule has 1 heterocycles. The third-order valence-electron chi connectivity index (χ3n) is 1.84. The van der Waals surface area contributed by atoms with Gasteiger partial charge in [-0.15, -0.1) is 0 Å². The van der Waals surface area contributed by atoms with E-state index in [1.54, 1.807) is 0 Å². The summed E-state index contributed by atoms with van der Waals surface area (Å²) in [5, 5.41) is 0. The van der Waals surface area contributed by atoms with Crippen LogP contribution in [0, 0.1) is 0 Å². The highest BCUT2D eigenvalue weighted by Gasteiger charge is 2.32. The first-order valence-electron chi connectivity index (χ1n) is 4.29. The predicted octanol–water partition coefficient (Wildman–Crippen LogP) is 1.98. The average Bonchev–Trinajstić information content (AvgIpc) is 2.08. The molecule has 0 saturated carbocycles. The van der Waals surface area contributed by atoms with Gasteiger partial charge in [-0.05, 0) is 27.7 Å². The zero-order valence-corrected chi connectivity index (χ0v) is 7.89. The summed E-state index contributed by atoms with van der Waals surface area (Å²) in [6, 6.07) is 0. The molecule has 0 aromatic carbocycles. The predicted molar refractivity (Wildman–Crippen MR) is 44.7 cm³/mol. The first-order chi connectivity index (χ1) is 4.99.